The van der Waals surface area contributed by atoms with Crippen molar-refractivity contribution >= 4 is 17.4 Å². The maximum absolute atomic E-state index is 12.5. The summed E-state index contributed by atoms with van der Waals surface area (Å²) >= 11 is 5.84. The van der Waals surface area contributed by atoms with E-state index >= 15 is 0 Å². The highest BCUT2D eigenvalue weighted by Gasteiger charge is 2.06. The Balaban J connectivity index is 2.47. The van der Waals surface area contributed by atoms with Gasteiger partial charge in [0, 0.05) is 11.4 Å². The zero-order chi connectivity index (χ0) is 10.6. The molecule has 78 valence electrons. The molecule has 2 nitrogen and oxygen atoms in total. The minimum Gasteiger partial charge on any atom is -0.368 e. The normalized spacial score (nSPS) is 14.9. The van der Waals surface area contributed by atoms with Crippen molar-refractivity contribution in [1.29, 1.82) is 0 Å². The first-order valence-corrected chi connectivity index (χ1v) is 5.03. The van der Waals surface area contributed by atoms with Crippen molar-refractivity contribution in [3.8, 4) is 0 Å². The second-order valence-corrected chi connectivity index (χ2v) is 4.17. The molecule has 1 rings (SSSR count). The van der Waals surface area contributed by atoms with E-state index in [1.165, 1.54) is 12.3 Å². The number of nitrogens with zero attached hydrogens (tertiary/aromatic N) is 1. The SMILES string of the molecule is CC(Cl)CC(C)Nc1ccc(F)cn1. The first-order valence-electron chi connectivity index (χ1n) is 4.60. The molecule has 0 aliphatic carbocycles. The van der Waals surface area contributed by atoms with E-state index in [1.807, 2.05) is 13.8 Å². The molecule has 1 heterocycles. The molecule has 0 aliphatic rings. The van der Waals surface area contributed by atoms with E-state index in [2.05, 4.69) is 10.3 Å². The van der Waals surface area contributed by atoms with Crippen LogP contribution >= 0.6 is 11.6 Å². The molecule has 2 atom stereocenters. The van der Waals surface area contributed by atoms with Crippen LogP contribution in [0.5, 0.6) is 0 Å². The molecule has 14 heavy (non-hydrogen) atoms. The summed E-state index contributed by atoms with van der Waals surface area (Å²) in [7, 11) is 0. The predicted octanol–water partition coefficient (Wildman–Crippen LogP) is 3.04. The van der Waals surface area contributed by atoms with Crippen molar-refractivity contribution in [2.75, 3.05) is 5.32 Å². The van der Waals surface area contributed by atoms with E-state index in [0.29, 0.717) is 5.82 Å². The molecule has 0 saturated carbocycles. The topological polar surface area (TPSA) is 24.9 Å². The zero-order valence-electron chi connectivity index (χ0n) is 8.30. The van der Waals surface area contributed by atoms with Gasteiger partial charge in [0.2, 0.25) is 0 Å². The molecule has 0 spiro atoms. The van der Waals surface area contributed by atoms with Crippen molar-refractivity contribution in [2.24, 2.45) is 0 Å². The Hall–Kier alpha value is -0.830. The maximum Gasteiger partial charge on any atom is 0.141 e. The Morgan fingerprint density at radius 3 is 2.71 bits per heavy atom. The molecule has 1 aromatic rings. The molecule has 1 N–H and O–H groups in total. The maximum atomic E-state index is 12.5. The number of anilines is 1. The number of rotatable bonds is 4. The summed E-state index contributed by atoms with van der Waals surface area (Å²) in [5.74, 6) is 0.352. The molecular formula is C10H14ClFN2. The summed E-state index contributed by atoms with van der Waals surface area (Å²) in [4.78, 5) is 3.90. The van der Waals surface area contributed by atoms with Crippen LogP contribution in [-0.4, -0.2) is 16.4 Å². The fourth-order valence-electron chi connectivity index (χ4n) is 1.26. The molecule has 0 saturated heterocycles. The number of pyridine rings is 1. The largest absolute Gasteiger partial charge is 0.368 e. The summed E-state index contributed by atoms with van der Waals surface area (Å²) in [6.07, 6.45) is 2.04. The summed E-state index contributed by atoms with van der Waals surface area (Å²) in [5.41, 5.74) is 0. The van der Waals surface area contributed by atoms with E-state index in [-0.39, 0.29) is 17.2 Å². The Morgan fingerprint density at radius 1 is 1.50 bits per heavy atom. The van der Waals surface area contributed by atoms with Crippen molar-refractivity contribution in [2.45, 2.75) is 31.7 Å². The van der Waals surface area contributed by atoms with Crippen molar-refractivity contribution in [3.05, 3.63) is 24.1 Å². The third-order valence-corrected chi connectivity index (χ3v) is 1.98. The van der Waals surface area contributed by atoms with Gasteiger partial charge in [0.05, 0.1) is 6.20 Å². The summed E-state index contributed by atoms with van der Waals surface area (Å²) in [5, 5.41) is 3.26. The number of halogens is 2. The molecule has 0 aromatic carbocycles. The average Bonchev–Trinajstić information content (AvgIpc) is 2.07. The average molecular weight is 217 g/mol. The highest BCUT2D eigenvalue weighted by Crippen LogP contribution is 2.10. The highest BCUT2D eigenvalue weighted by molar-refractivity contribution is 6.20. The van der Waals surface area contributed by atoms with Crippen LogP contribution in [0.1, 0.15) is 20.3 Å². The number of aromatic nitrogens is 1. The van der Waals surface area contributed by atoms with E-state index in [0.717, 1.165) is 6.42 Å². The van der Waals surface area contributed by atoms with E-state index < -0.39 is 0 Å². The summed E-state index contributed by atoms with van der Waals surface area (Å²) in [6, 6.07) is 3.23. The number of nitrogens with one attached hydrogen (secondary N) is 1. The lowest BCUT2D eigenvalue weighted by Gasteiger charge is -2.15. The number of hydrogen-bond acceptors (Lipinski definition) is 2. The molecule has 1 aromatic heterocycles. The predicted molar refractivity (Wildman–Crippen MR) is 57.2 cm³/mol. The van der Waals surface area contributed by atoms with Crippen LogP contribution in [0.15, 0.2) is 18.3 Å². The minimum atomic E-state index is -0.325. The quantitative estimate of drug-likeness (QED) is 0.783. The van der Waals surface area contributed by atoms with Gasteiger partial charge < -0.3 is 5.32 Å². The van der Waals surface area contributed by atoms with Crippen molar-refractivity contribution in [1.82, 2.24) is 4.98 Å². The van der Waals surface area contributed by atoms with Crippen LogP contribution in [0, 0.1) is 5.82 Å². The summed E-state index contributed by atoms with van der Waals surface area (Å²) < 4.78 is 12.5. The minimum absolute atomic E-state index is 0.123. The van der Waals surface area contributed by atoms with Gasteiger partial charge >= 0.3 is 0 Å². The third kappa shape index (κ3) is 3.92. The zero-order valence-corrected chi connectivity index (χ0v) is 9.05. The monoisotopic (exact) mass is 216 g/mol. The standard InChI is InChI=1S/C10H14ClFN2/c1-7(11)5-8(2)14-10-4-3-9(12)6-13-10/h3-4,6-8H,5H2,1-2H3,(H,13,14). The van der Waals surface area contributed by atoms with E-state index in [9.17, 15) is 4.39 Å². The third-order valence-electron chi connectivity index (χ3n) is 1.80. The lowest BCUT2D eigenvalue weighted by molar-refractivity contribution is 0.620. The van der Waals surface area contributed by atoms with E-state index in [1.54, 1.807) is 6.07 Å². The van der Waals surface area contributed by atoms with Gasteiger partial charge in [0.25, 0.3) is 0 Å². The van der Waals surface area contributed by atoms with Crippen LogP contribution < -0.4 is 5.32 Å². The Morgan fingerprint density at radius 2 is 2.21 bits per heavy atom. The molecule has 0 radical (unpaired) electrons. The second-order valence-electron chi connectivity index (χ2n) is 3.42. The molecule has 4 heteroatoms. The van der Waals surface area contributed by atoms with Crippen molar-refractivity contribution < 1.29 is 4.39 Å². The Kier molecular flexibility index (Phi) is 4.14. The van der Waals surface area contributed by atoms with Gasteiger partial charge in [0.15, 0.2) is 0 Å². The van der Waals surface area contributed by atoms with Gasteiger partial charge in [-0.1, -0.05) is 0 Å². The molecular weight excluding hydrogens is 203 g/mol. The van der Waals surface area contributed by atoms with Crippen molar-refractivity contribution in [3.63, 3.8) is 0 Å². The lowest BCUT2D eigenvalue weighted by Crippen LogP contribution is -2.19. The molecule has 0 aliphatic heterocycles. The molecule has 0 amide bonds. The van der Waals surface area contributed by atoms with Crippen LogP contribution in [0.4, 0.5) is 10.2 Å². The fraction of sp³-hybridized carbons (Fsp3) is 0.500. The Bertz CT molecular complexity index is 274. The number of alkyl halides is 1. The first kappa shape index (κ1) is 11.2. The second kappa shape index (κ2) is 5.15. The fourth-order valence-corrected chi connectivity index (χ4v) is 1.53. The van der Waals surface area contributed by atoms with Gasteiger partial charge in [-0.2, -0.15) is 0 Å². The molecule has 2 unspecified atom stereocenters. The smallest absolute Gasteiger partial charge is 0.141 e. The van der Waals surface area contributed by atoms with Gasteiger partial charge in [-0.05, 0) is 32.4 Å². The first-order chi connectivity index (χ1) is 6.58. The van der Waals surface area contributed by atoms with Crippen LogP contribution in [-0.2, 0) is 0 Å². The highest BCUT2D eigenvalue weighted by atomic mass is 35.5. The van der Waals surface area contributed by atoms with Gasteiger partial charge in [-0.25, -0.2) is 9.37 Å². The van der Waals surface area contributed by atoms with Crippen LogP contribution in [0.3, 0.4) is 0 Å². The lowest BCUT2D eigenvalue weighted by atomic mass is 10.2. The van der Waals surface area contributed by atoms with Gasteiger partial charge in [-0.3, -0.25) is 0 Å². The number of hydrogen-bond donors (Lipinski definition) is 1. The Labute approximate surface area is 88.5 Å². The summed E-state index contributed by atoms with van der Waals surface area (Å²) in [6.45, 7) is 3.96. The van der Waals surface area contributed by atoms with Crippen LogP contribution in [0.25, 0.3) is 0 Å². The van der Waals surface area contributed by atoms with Crippen LogP contribution in [0.2, 0.25) is 0 Å². The van der Waals surface area contributed by atoms with Gasteiger partial charge in [-0.15, -0.1) is 11.6 Å². The molecule has 0 bridgehead atoms. The van der Waals surface area contributed by atoms with E-state index in [4.69, 9.17) is 11.6 Å². The molecule has 0 fully saturated rings. The van der Waals surface area contributed by atoms with Gasteiger partial charge in [0.1, 0.15) is 11.6 Å².